The van der Waals surface area contributed by atoms with Gasteiger partial charge in [0.15, 0.2) is 5.82 Å². The third kappa shape index (κ3) is 2.90. The zero-order chi connectivity index (χ0) is 16.8. The number of hydrazine groups is 1. The SMILES string of the molecule is Cl.O=C1C(Cl)=C(Cl)C(=O)N1Nc1ncnc2scc(-c3cccs3)c12. The van der Waals surface area contributed by atoms with Crippen molar-refractivity contribution in [3.8, 4) is 10.4 Å². The largest absolute Gasteiger partial charge is 0.293 e. The van der Waals surface area contributed by atoms with Crippen molar-refractivity contribution in [1.82, 2.24) is 15.0 Å². The smallest absolute Gasteiger partial charge is 0.271 e. The fourth-order valence-electron chi connectivity index (χ4n) is 2.26. The van der Waals surface area contributed by atoms with Crippen molar-refractivity contribution in [3.63, 3.8) is 0 Å². The van der Waals surface area contributed by atoms with Crippen molar-refractivity contribution >= 4 is 86.1 Å². The second-order valence-corrected chi connectivity index (χ2v) is 7.28. The molecule has 0 fully saturated rings. The third-order valence-electron chi connectivity index (χ3n) is 3.35. The van der Waals surface area contributed by atoms with Gasteiger partial charge in [-0.05, 0) is 11.4 Å². The highest BCUT2D eigenvalue weighted by molar-refractivity contribution is 7.18. The van der Waals surface area contributed by atoms with Gasteiger partial charge in [-0.25, -0.2) is 9.97 Å². The van der Waals surface area contributed by atoms with Gasteiger partial charge in [0.2, 0.25) is 0 Å². The molecule has 4 heterocycles. The fourth-order valence-corrected chi connectivity index (χ4v) is 4.32. The number of hydrogen-bond donors (Lipinski definition) is 1. The molecule has 1 aliphatic heterocycles. The Hall–Kier alpha value is -1.71. The van der Waals surface area contributed by atoms with Gasteiger partial charge in [-0.2, -0.15) is 5.01 Å². The number of halogens is 3. The Balaban J connectivity index is 0.00000182. The maximum atomic E-state index is 12.0. The highest BCUT2D eigenvalue weighted by Crippen LogP contribution is 2.39. The molecular weight excluding hydrogens is 427 g/mol. The molecule has 0 aliphatic carbocycles. The van der Waals surface area contributed by atoms with Crippen LogP contribution in [0.2, 0.25) is 0 Å². The Morgan fingerprint density at radius 1 is 1.08 bits per heavy atom. The summed E-state index contributed by atoms with van der Waals surface area (Å²) < 4.78 is 0. The standard InChI is InChI=1S/C14H6Cl2N4O2S2.ClH/c15-9-10(16)14(22)20(13(9)21)19-11-8-6(7-2-1-3-23-7)4-24-12(8)18-5-17-11;/h1-5H,(H,17,18,19);1H. The first kappa shape index (κ1) is 18.1. The van der Waals surface area contributed by atoms with Gasteiger partial charge in [0, 0.05) is 15.8 Å². The first-order valence-electron chi connectivity index (χ1n) is 6.54. The molecule has 3 aromatic heterocycles. The zero-order valence-electron chi connectivity index (χ0n) is 12.0. The van der Waals surface area contributed by atoms with E-state index in [-0.39, 0.29) is 22.5 Å². The van der Waals surface area contributed by atoms with Crippen LogP contribution < -0.4 is 5.43 Å². The summed E-state index contributed by atoms with van der Waals surface area (Å²) in [5, 5.41) is 4.77. The molecule has 25 heavy (non-hydrogen) atoms. The van der Waals surface area contributed by atoms with E-state index in [0.717, 1.165) is 25.7 Å². The summed E-state index contributed by atoms with van der Waals surface area (Å²) in [6.45, 7) is 0. The van der Waals surface area contributed by atoms with Crippen LogP contribution >= 0.6 is 58.3 Å². The second kappa shape index (κ2) is 6.89. The summed E-state index contributed by atoms with van der Waals surface area (Å²) in [7, 11) is 0. The van der Waals surface area contributed by atoms with E-state index in [1.54, 1.807) is 11.3 Å². The number of carbonyl (C=O) groups is 2. The third-order valence-corrected chi connectivity index (χ3v) is 5.94. The molecule has 4 rings (SSSR count). The number of fused-ring (bicyclic) bond motifs is 1. The number of thiophene rings is 2. The van der Waals surface area contributed by atoms with Gasteiger partial charge in [-0.3, -0.25) is 15.0 Å². The molecule has 0 saturated heterocycles. The number of rotatable bonds is 3. The maximum absolute atomic E-state index is 12.0. The molecule has 1 aliphatic rings. The van der Waals surface area contributed by atoms with Crippen molar-refractivity contribution in [2.45, 2.75) is 0 Å². The van der Waals surface area contributed by atoms with Crippen molar-refractivity contribution in [2.24, 2.45) is 0 Å². The van der Waals surface area contributed by atoms with Gasteiger partial charge in [0.1, 0.15) is 21.2 Å². The van der Waals surface area contributed by atoms with E-state index in [1.807, 2.05) is 22.9 Å². The van der Waals surface area contributed by atoms with E-state index in [4.69, 9.17) is 23.2 Å². The molecule has 0 atom stereocenters. The van der Waals surface area contributed by atoms with Crippen LogP contribution in [-0.2, 0) is 9.59 Å². The fraction of sp³-hybridized carbons (Fsp3) is 0. The first-order chi connectivity index (χ1) is 11.6. The molecule has 0 bridgehead atoms. The summed E-state index contributed by atoms with van der Waals surface area (Å²) >= 11 is 14.5. The molecule has 0 radical (unpaired) electrons. The lowest BCUT2D eigenvalue weighted by Crippen LogP contribution is -2.37. The molecule has 0 saturated carbocycles. The maximum Gasteiger partial charge on any atom is 0.293 e. The highest BCUT2D eigenvalue weighted by atomic mass is 35.5. The number of imide groups is 1. The van der Waals surface area contributed by atoms with Crippen LogP contribution in [0.15, 0.2) is 39.3 Å². The van der Waals surface area contributed by atoms with Crippen molar-refractivity contribution in [3.05, 3.63) is 39.3 Å². The van der Waals surface area contributed by atoms with Crippen LogP contribution in [0.25, 0.3) is 20.7 Å². The Bertz CT molecular complexity index is 992. The van der Waals surface area contributed by atoms with Crippen LogP contribution in [0.3, 0.4) is 0 Å². The van der Waals surface area contributed by atoms with Crippen LogP contribution in [0.4, 0.5) is 5.82 Å². The lowest BCUT2D eigenvalue weighted by atomic mass is 10.2. The Labute approximate surface area is 165 Å². The molecule has 128 valence electrons. The van der Waals surface area contributed by atoms with Crippen molar-refractivity contribution < 1.29 is 9.59 Å². The molecule has 11 heteroatoms. The minimum absolute atomic E-state index is 0. The number of aromatic nitrogens is 2. The summed E-state index contributed by atoms with van der Waals surface area (Å²) in [4.78, 5) is 34.3. The normalized spacial score (nSPS) is 14.4. The van der Waals surface area contributed by atoms with Crippen molar-refractivity contribution in [1.29, 1.82) is 0 Å². The summed E-state index contributed by atoms with van der Waals surface area (Å²) in [5.41, 5.74) is 3.64. The minimum atomic E-state index is -0.716. The van der Waals surface area contributed by atoms with E-state index >= 15 is 0 Å². The number of nitrogens with zero attached hydrogens (tertiary/aromatic N) is 3. The molecule has 3 aromatic rings. The summed E-state index contributed by atoms with van der Waals surface area (Å²) in [5.74, 6) is -1.10. The Kier molecular flexibility index (Phi) is 4.99. The van der Waals surface area contributed by atoms with Gasteiger partial charge < -0.3 is 0 Å². The Morgan fingerprint density at radius 2 is 1.80 bits per heavy atom. The first-order valence-corrected chi connectivity index (χ1v) is 9.06. The topological polar surface area (TPSA) is 75.2 Å². The van der Waals surface area contributed by atoms with Gasteiger partial charge >= 0.3 is 0 Å². The van der Waals surface area contributed by atoms with Crippen LogP contribution in [0.1, 0.15) is 0 Å². The number of anilines is 1. The summed E-state index contributed by atoms with van der Waals surface area (Å²) in [6.07, 6.45) is 1.36. The molecule has 2 amide bonds. The summed E-state index contributed by atoms with van der Waals surface area (Å²) in [6, 6.07) is 3.92. The molecule has 0 unspecified atom stereocenters. The number of nitrogens with one attached hydrogen (secondary N) is 1. The Morgan fingerprint density at radius 3 is 2.44 bits per heavy atom. The van der Waals surface area contributed by atoms with Gasteiger partial charge in [-0.15, -0.1) is 35.1 Å². The minimum Gasteiger partial charge on any atom is -0.271 e. The number of hydrogen-bond acceptors (Lipinski definition) is 7. The van der Waals surface area contributed by atoms with Crippen LogP contribution in [0, 0.1) is 0 Å². The van der Waals surface area contributed by atoms with E-state index in [1.165, 1.54) is 17.7 Å². The monoisotopic (exact) mass is 432 g/mol. The molecule has 6 nitrogen and oxygen atoms in total. The predicted octanol–water partition coefficient (Wildman–Crippen LogP) is 4.23. The number of carbonyl (C=O) groups excluding carboxylic acids is 2. The van der Waals surface area contributed by atoms with E-state index in [9.17, 15) is 9.59 Å². The van der Waals surface area contributed by atoms with E-state index < -0.39 is 11.8 Å². The lowest BCUT2D eigenvalue weighted by molar-refractivity contribution is -0.135. The quantitative estimate of drug-likeness (QED) is 0.626. The van der Waals surface area contributed by atoms with E-state index in [0.29, 0.717) is 5.82 Å². The van der Waals surface area contributed by atoms with Gasteiger partial charge in [0.05, 0.1) is 5.39 Å². The van der Waals surface area contributed by atoms with E-state index in [2.05, 4.69) is 15.4 Å². The molecule has 0 spiro atoms. The highest BCUT2D eigenvalue weighted by Gasteiger charge is 2.37. The number of amides is 2. The average Bonchev–Trinajstić information content (AvgIpc) is 3.29. The van der Waals surface area contributed by atoms with Crippen molar-refractivity contribution in [2.75, 3.05) is 5.43 Å². The molecule has 1 N–H and O–H groups in total. The van der Waals surface area contributed by atoms with Gasteiger partial charge in [-0.1, -0.05) is 29.3 Å². The van der Waals surface area contributed by atoms with Crippen LogP contribution in [-0.4, -0.2) is 26.8 Å². The molecule has 0 aromatic carbocycles. The molecular formula is C14H7Cl3N4O2S2. The lowest BCUT2D eigenvalue weighted by Gasteiger charge is -2.16. The second-order valence-electron chi connectivity index (χ2n) is 4.71. The predicted molar refractivity (Wildman–Crippen MR) is 102 cm³/mol. The zero-order valence-corrected chi connectivity index (χ0v) is 16.0. The van der Waals surface area contributed by atoms with Crippen LogP contribution in [0.5, 0.6) is 0 Å². The average molecular weight is 434 g/mol. The van der Waals surface area contributed by atoms with Gasteiger partial charge in [0.25, 0.3) is 11.8 Å².